The van der Waals surface area contributed by atoms with Gasteiger partial charge in [-0.25, -0.2) is 0 Å². The van der Waals surface area contributed by atoms with Gasteiger partial charge in [0, 0.05) is 22.3 Å². The molecule has 106 valence electrons. The van der Waals surface area contributed by atoms with E-state index in [4.69, 9.17) is 4.74 Å². The lowest BCUT2D eigenvalue weighted by atomic mass is 10.1. The number of halogens is 2. The summed E-state index contributed by atoms with van der Waals surface area (Å²) < 4.78 is 7.44. The van der Waals surface area contributed by atoms with Gasteiger partial charge in [0.2, 0.25) is 0 Å². The summed E-state index contributed by atoms with van der Waals surface area (Å²) in [5, 5.41) is 3.44. The lowest BCUT2D eigenvalue weighted by Gasteiger charge is -2.13. The monoisotopic (exact) mass is 397 g/mol. The normalized spacial score (nSPS) is 10.4. The third-order valence-corrected chi connectivity index (χ3v) is 4.15. The number of hydrogen-bond acceptors (Lipinski definition) is 2. The maximum Gasteiger partial charge on any atom is 0.138 e. The smallest absolute Gasteiger partial charge is 0.138 e. The van der Waals surface area contributed by atoms with Crippen LogP contribution in [0.25, 0.3) is 0 Å². The van der Waals surface area contributed by atoms with Gasteiger partial charge in [0.1, 0.15) is 5.75 Å². The molecule has 0 amide bonds. The molecule has 0 fully saturated rings. The van der Waals surface area contributed by atoms with E-state index in [0.29, 0.717) is 6.54 Å². The van der Waals surface area contributed by atoms with Gasteiger partial charge in [0.15, 0.2) is 0 Å². The largest absolute Gasteiger partial charge is 0.495 e. The van der Waals surface area contributed by atoms with Crippen LogP contribution in [0.3, 0.4) is 0 Å². The first-order valence-electron chi connectivity index (χ1n) is 6.48. The van der Waals surface area contributed by atoms with Gasteiger partial charge in [0.05, 0.1) is 11.6 Å². The molecule has 2 rings (SSSR count). The molecular weight excluding hydrogens is 382 g/mol. The molecule has 0 saturated carbocycles. The summed E-state index contributed by atoms with van der Waals surface area (Å²) in [7, 11) is 1.69. The van der Waals surface area contributed by atoms with Gasteiger partial charge in [-0.2, -0.15) is 0 Å². The highest BCUT2D eigenvalue weighted by atomic mass is 79.9. The molecule has 0 aliphatic carbocycles. The van der Waals surface area contributed by atoms with Crippen LogP contribution in [-0.4, -0.2) is 7.11 Å². The number of anilines is 1. The minimum atomic E-state index is 0.717. The molecule has 0 bridgehead atoms. The van der Waals surface area contributed by atoms with Gasteiger partial charge in [-0.15, -0.1) is 0 Å². The highest BCUT2D eigenvalue weighted by molar-refractivity contribution is 9.11. The van der Waals surface area contributed by atoms with Crippen LogP contribution < -0.4 is 10.1 Å². The lowest BCUT2D eigenvalue weighted by Crippen LogP contribution is -2.02. The maximum absolute atomic E-state index is 5.46. The summed E-state index contributed by atoms with van der Waals surface area (Å²) in [6.45, 7) is 2.88. The Morgan fingerprint density at radius 2 is 1.95 bits per heavy atom. The number of aryl methyl sites for hydroxylation is 1. The van der Waals surface area contributed by atoms with Crippen LogP contribution in [0.4, 0.5) is 5.69 Å². The second-order valence-electron chi connectivity index (χ2n) is 4.49. The predicted octanol–water partition coefficient (Wildman–Crippen LogP) is 5.39. The highest BCUT2D eigenvalue weighted by Gasteiger charge is 2.09. The third kappa shape index (κ3) is 3.76. The Morgan fingerprint density at radius 1 is 1.15 bits per heavy atom. The first-order chi connectivity index (χ1) is 9.63. The van der Waals surface area contributed by atoms with Crippen molar-refractivity contribution < 1.29 is 4.74 Å². The molecule has 0 radical (unpaired) electrons. The Morgan fingerprint density at radius 3 is 2.65 bits per heavy atom. The first kappa shape index (κ1) is 15.4. The van der Waals surface area contributed by atoms with Crippen molar-refractivity contribution in [3.8, 4) is 5.75 Å². The van der Waals surface area contributed by atoms with Crippen LogP contribution in [0.1, 0.15) is 18.1 Å². The summed E-state index contributed by atoms with van der Waals surface area (Å²) in [4.78, 5) is 0. The van der Waals surface area contributed by atoms with E-state index in [1.54, 1.807) is 7.11 Å². The average molecular weight is 399 g/mol. The van der Waals surface area contributed by atoms with Crippen molar-refractivity contribution in [2.45, 2.75) is 19.9 Å². The van der Waals surface area contributed by atoms with Crippen molar-refractivity contribution in [1.82, 2.24) is 0 Å². The number of methoxy groups -OCH3 is 1. The SMILES string of the molecule is CCc1cccc(NCc2cc(Br)cc(Br)c2OC)c1. The second-order valence-corrected chi connectivity index (χ2v) is 6.26. The highest BCUT2D eigenvalue weighted by Crippen LogP contribution is 2.33. The standard InChI is InChI=1S/C16H17Br2NO/c1-3-11-5-4-6-14(7-11)19-10-12-8-13(17)9-15(18)16(12)20-2/h4-9,19H,3,10H2,1-2H3. The molecule has 0 aliphatic heterocycles. The summed E-state index contributed by atoms with van der Waals surface area (Å²) in [6, 6.07) is 12.5. The van der Waals surface area contributed by atoms with E-state index in [2.05, 4.69) is 74.4 Å². The number of nitrogens with one attached hydrogen (secondary N) is 1. The molecule has 0 aliphatic rings. The zero-order chi connectivity index (χ0) is 14.5. The van der Waals surface area contributed by atoms with E-state index in [1.165, 1.54) is 5.56 Å². The lowest BCUT2D eigenvalue weighted by molar-refractivity contribution is 0.407. The molecule has 0 unspecified atom stereocenters. The van der Waals surface area contributed by atoms with Crippen LogP contribution >= 0.6 is 31.9 Å². The molecule has 2 nitrogen and oxygen atoms in total. The van der Waals surface area contributed by atoms with Gasteiger partial charge in [-0.1, -0.05) is 35.0 Å². The minimum Gasteiger partial charge on any atom is -0.495 e. The zero-order valence-corrected chi connectivity index (χ0v) is 14.7. The van der Waals surface area contributed by atoms with E-state index in [1.807, 2.05) is 6.07 Å². The Balaban J connectivity index is 2.18. The van der Waals surface area contributed by atoms with Crippen LogP contribution in [0.15, 0.2) is 45.3 Å². The number of rotatable bonds is 5. The van der Waals surface area contributed by atoms with E-state index in [0.717, 1.165) is 32.4 Å². The van der Waals surface area contributed by atoms with Gasteiger partial charge in [-0.05, 0) is 52.2 Å². The van der Waals surface area contributed by atoms with Crippen molar-refractivity contribution in [2.24, 2.45) is 0 Å². The predicted molar refractivity (Wildman–Crippen MR) is 91.5 cm³/mol. The molecule has 0 atom stereocenters. The molecule has 1 N–H and O–H groups in total. The third-order valence-electron chi connectivity index (χ3n) is 3.11. The number of benzene rings is 2. The summed E-state index contributed by atoms with van der Waals surface area (Å²) in [6.07, 6.45) is 1.04. The van der Waals surface area contributed by atoms with Gasteiger partial charge >= 0.3 is 0 Å². The molecule has 2 aromatic rings. The molecule has 20 heavy (non-hydrogen) atoms. The maximum atomic E-state index is 5.46. The molecule has 0 saturated heterocycles. The average Bonchev–Trinajstić information content (AvgIpc) is 2.45. The minimum absolute atomic E-state index is 0.717. The zero-order valence-electron chi connectivity index (χ0n) is 11.5. The topological polar surface area (TPSA) is 21.3 Å². The fourth-order valence-corrected chi connectivity index (χ4v) is 3.55. The van der Waals surface area contributed by atoms with E-state index >= 15 is 0 Å². The Labute approximate surface area is 136 Å². The first-order valence-corrected chi connectivity index (χ1v) is 8.07. The van der Waals surface area contributed by atoms with Crippen molar-refractivity contribution in [1.29, 1.82) is 0 Å². The van der Waals surface area contributed by atoms with Crippen molar-refractivity contribution >= 4 is 37.5 Å². The van der Waals surface area contributed by atoms with E-state index in [-0.39, 0.29) is 0 Å². The van der Waals surface area contributed by atoms with Crippen LogP contribution in [0, 0.1) is 0 Å². The number of ether oxygens (including phenoxy) is 1. The fraction of sp³-hybridized carbons (Fsp3) is 0.250. The van der Waals surface area contributed by atoms with Crippen LogP contribution in [0.2, 0.25) is 0 Å². The van der Waals surface area contributed by atoms with E-state index in [9.17, 15) is 0 Å². The Kier molecular flexibility index (Phi) is 5.49. The molecule has 0 aromatic heterocycles. The van der Waals surface area contributed by atoms with Gasteiger partial charge < -0.3 is 10.1 Å². The van der Waals surface area contributed by atoms with Crippen molar-refractivity contribution in [2.75, 3.05) is 12.4 Å². The van der Waals surface area contributed by atoms with Crippen LogP contribution in [0.5, 0.6) is 5.75 Å². The van der Waals surface area contributed by atoms with Crippen molar-refractivity contribution in [3.05, 3.63) is 56.5 Å². The van der Waals surface area contributed by atoms with E-state index < -0.39 is 0 Å². The molecule has 4 heteroatoms. The summed E-state index contributed by atoms with van der Waals surface area (Å²) in [5.74, 6) is 0.868. The molecule has 2 aromatic carbocycles. The summed E-state index contributed by atoms with van der Waals surface area (Å²) in [5.41, 5.74) is 3.57. The van der Waals surface area contributed by atoms with Gasteiger partial charge in [0.25, 0.3) is 0 Å². The number of hydrogen-bond donors (Lipinski definition) is 1. The van der Waals surface area contributed by atoms with Crippen molar-refractivity contribution in [3.63, 3.8) is 0 Å². The van der Waals surface area contributed by atoms with Crippen LogP contribution in [-0.2, 0) is 13.0 Å². The summed E-state index contributed by atoms with van der Waals surface area (Å²) >= 11 is 7.04. The quantitative estimate of drug-likeness (QED) is 0.728. The Bertz CT molecular complexity index is 599. The molecule has 0 spiro atoms. The Hall–Kier alpha value is -1.00. The van der Waals surface area contributed by atoms with Gasteiger partial charge in [-0.3, -0.25) is 0 Å². The fourth-order valence-electron chi connectivity index (χ4n) is 2.07. The molecule has 0 heterocycles. The molecular formula is C16H17Br2NO. The second kappa shape index (κ2) is 7.14.